The average molecular weight is 421 g/mol. The maximum Gasteiger partial charge on any atom is 0.362 e. The van der Waals surface area contributed by atoms with Crippen LogP contribution >= 0.6 is 7.60 Å². The molecule has 1 unspecified atom stereocenters. The van der Waals surface area contributed by atoms with Crippen molar-refractivity contribution in [3.8, 4) is 0 Å². The molecule has 0 aromatic rings. The smallest absolute Gasteiger partial charge is 0.362 e. The van der Waals surface area contributed by atoms with Gasteiger partial charge in [0.15, 0.2) is 0 Å². The summed E-state index contributed by atoms with van der Waals surface area (Å²) >= 11 is 0. The highest BCUT2D eigenvalue weighted by Crippen LogP contribution is 2.52. The zero-order valence-electron chi connectivity index (χ0n) is 18.9. The Hall–Kier alpha value is -0.190. The molecule has 0 aliphatic carbocycles. The van der Waals surface area contributed by atoms with Crippen molar-refractivity contribution >= 4 is 7.60 Å². The van der Waals surface area contributed by atoms with Gasteiger partial charge in [-0.2, -0.15) is 0 Å². The van der Waals surface area contributed by atoms with Crippen molar-refractivity contribution in [2.45, 2.75) is 102 Å². The van der Waals surface area contributed by atoms with Crippen LogP contribution in [0.4, 0.5) is 0 Å². The summed E-state index contributed by atoms with van der Waals surface area (Å²) in [6.45, 7) is 2.14. The standard InChI is InChI=1S/C22H46NO4P/c1-5-6-7-8-9-10-11-12-13-14-15-16-17-18-19-20-22(24,28(25,26)27)21-23(2,3)4/h5-6,24H,7-21H2,1-4H3,(H-,25,26,27)/p+1/b6-5-. The van der Waals surface area contributed by atoms with E-state index >= 15 is 0 Å². The first-order valence-electron chi connectivity index (χ1n) is 11.2. The van der Waals surface area contributed by atoms with Gasteiger partial charge in [0.1, 0.15) is 6.54 Å². The highest BCUT2D eigenvalue weighted by molar-refractivity contribution is 7.53. The van der Waals surface area contributed by atoms with Crippen molar-refractivity contribution in [1.29, 1.82) is 0 Å². The molecule has 0 rings (SSSR count). The Kier molecular flexibility index (Phi) is 14.6. The van der Waals surface area contributed by atoms with E-state index in [4.69, 9.17) is 0 Å². The predicted octanol–water partition coefficient (Wildman–Crippen LogP) is 5.60. The highest BCUT2D eigenvalue weighted by Gasteiger charge is 2.48. The monoisotopic (exact) mass is 420 g/mol. The summed E-state index contributed by atoms with van der Waals surface area (Å²) in [5.41, 5.74) is 0. The van der Waals surface area contributed by atoms with Gasteiger partial charge in [0.2, 0.25) is 5.34 Å². The van der Waals surface area contributed by atoms with Gasteiger partial charge in [-0.25, -0.2) is 0 Å². The molecule has 0 saturated carbocycles. The van der Waals surface area contributed by atoms with Crippen LogP contribution in [0.1, 0.15) is 96.8 Å². The Morgan fingerprint density at radius 1 is 0.786 bits per heavy atom. The number of quaternary nitrogens is 1. The number of rotatable bonds is 18. The summed E-state index contributed by atoms with van der Waals surface area (Å²) in [6, 6.07) is 0. The minimum atomic E-state index is -4.54. The Morgan fingerprint density at radius 2 is 1.18 bits per heavy atom. The predicted molar refractivity (Wildman–Crippen MR) is 119 cm³/mol. The second-order valence-electron chi connectivity index (χ2n) is 9.33. The fourth-order valence-electron chi connectivity index (χ4n) is 3.68. The summed E-state index contributed by atoms with van der Waals surface area (Å²) in [6.07, 6.45) is 20.1. The third kappa shape index (κ3) is 14.8. The Labute approximate surface area is 174 Å². The van der Waals surface area contributed by atoms with Gasteiger partial charge in [-0.15, -0.1) is 0 Å². The van der Waals surface area contributed by atoms with Gasteiger partial charge >= 0.3 is 7.60 Å². The van der Waals surface area contributed by atoms with E-state index in [0.717, 1.165) is 12.8 Å². The SMILES string of the molecule is C/C=C\CCCCCCCCCCCCCCC(O)(C[N+](C)(C)C)P(=O)(O)O. The molecule has 0 amide bonds. The average Bonchev–Trinajstić information content (AvgIpc) is 2.56. The van der Waals surface area contributed by atoms with Gasteiger partial charge in [0.25, 0.3) is 0 Å². The highest BCUT2D eigenvalue weighted by atomic mass is 31.2. The maximum atomic E-state index is 11.7. The number of unbranched alkanes of at least 4 members (excludes halogenated alkanes) is 12. The van der Waals surface area contributed by atoms with Crippen molar-refractivity contribution in [3.05, 3.63) is 12.2 Å². The number of nitrogens with zero attached hydrogens (tertiary/aromatic N) is 1. The van der Waals surface area contributed by atoms with Crippen LogP contribution in [0.3, 0.4) is 0 Å². The first-order chi connectivity index (χ1) is 13.0. The molecule has 0 aliphatic heterocycles. The third-order valence-electron chi connectivity index (χ3n) is 5.20. The van der Waals surface area contributed by atoms with Gasteiger partial charge in [0.05, 0.1) is 21.1 Å². The lowest BCUT2D eigenvalue weighted by Gasteiger charge is -2.35. The van der Waals surface area contributed by atoms with Gasteiger partial charge in [-0.05, 0) is 32.6 Å². The van der Waals surface area contributed by atoms with Crippen molar-refractivity contribution < 1.29 is 23.9 Å². The number of likely N-dealkylation sites (N-methyl/N-ethyl adjacent to an activating group) is 1. The lowest BCUT2D eigenvalue weighted by molar-refractivity contribution is -0.875. The summed E-state index contributed by atoms with van der Waals surface area (Å²) in [7, 11) is 0.977. The van der Waals surface area contributed by atoms with E-state index in [0.29, 0.717) is 10.9 Å². The minimum absolute atomic E-state index is 0.0621. The Bertz CT molecular complexity index is 456. The van der Waals surface area contributed by atoms with E-state index in [1.165, 1.54) is 64.2 Å². The van der Waals surface area contributed by atoms with Gasteiger partial charge < -0.3 is 19.4 Å². The maximum absolute atomic E-state index is 11.7. The number of hydrogen-bond acceptors (Lipinski definition) is 2. The van der Waals surface area contributed by atoms with Crippen LogP contribution in [-0.2, 0) is 4.57 Å². The number of allylic oxidation sites excluding steroid dienone is 2. The lowest BCUT2D eigenvalue weighted by atomic mass is 10.0. The fraction of sp³-hybridized carbons (Fsp3) is 0.909. The van der Waals surface area contributed by atoms with E-state index in [1.807, 2.05) is 21.1 Å². The summed E-state index contributed by atoms with van der Waals surface area (Å²) in [4.78, 5) is 19.1. The molecule has 0 aliphatic rings. The zero-order valence-corrected chi connectivity index (χ0v) is 19.8. The third-order valence-corrected chi connectivity index (χ3v) is 6.65. The van der Waals surface area contributed by atoms with Crippen LogP contribution in [-0.4, -0.2) is 52.4 Å². The van der Waals surface area contributed by atoms with E-state index in [1.54, 1.807) is 0 Å². The second-order valence-corrected chi connectivity index (χ2v) is 11.2. The Balaban J connectivity index is 3.68. The molecule has 0 saturated heterocycles. The van der Waals surface area contributed by atoms with E-state index < -0.39 is 12.9 Å². The Morgan fingerprint density at radius 3 is 1.54 bits per heavy atom. The summed E-state index contributed by atoms with van der Waals surface area (Å²) in [5, 5.41) is 8.60. The fourth-order valence-corrected chi connectivity index (χ4v) is 4.74. The van der Waals surface area contributed by atoms with Crippen molar-refractivity contribution in [2.75, 3.05) is 27.7 Å². The van der Waals surface area contributed by atoms with Crippen LogP contribution < -0.4 is 0 Å². The number of hydrogen-bond donors (Lipinski definition) is 3. The van der Waals surface area contributed by atoms with Gasteiger partial charge in [0, 0.05) is 0 Å². The van der Waals surface area contributed by atoms with E-state index in [-0.39, 0.29) is 13.0 Å². The van der Waals surface area contributed by atoms with E-state index in [2.05, 4.69) is 19.1 Å². The van der Waals surface area contributed by atoms with Crippen molar-refractivity contribution in [1.82, 2.24) is 0 Å². The molecule has 168 valence electrons. The minimum Gasteiger partial charge on any atom is -0.373 e. The summed E-state index contributed by atoms with van der Waals surface area (Å²) < 4.78 is 12.1. The molecule has 0 bridgehead atoms. The van der Waals surface area contributed by atoms with Crippen LogP contribution in [0.15, 0.2) is 12.2 Å². The molecule has 0 spiro atoms. The van der Waals surface area contributed by atoms with Crippen LogP contribution in [0.5, 0.6) is 0 Å². The van der Waals surface area contributed by atoms with Gasteiger partial charge in [-0.3, -0.25) is 4.57 Å². The molecule has 6 heteroatoms. The van der Waals surface area contributed by atoms with Gasteiger partial charge in [-0.1, -0.05) is 76.4 Å². The first kappa shape index (κ1) is 27.8. The molecular formula is C22H47NO4P+. The molecule has 0 aromatic heterocycles. The molecule has 0 aromatic carbocycles. The lowest BCUT2D eigenvalue weighted by Crippen LogP contribution is -2.49. The molecule has 28 heavy (non-hydrogen) atoms. The quantitative estimate of drug-likeness (QED) is 0.117. The first-order valence-corrected chi connectivity index (χ1v) is 12.8. The largest absolute Gasteiger partial charge is 0.373 e. The molecular weight excluding hydrogens is 373 g/mol. The van der Waals surface area contributed by atoms with Crippen LogP contribution in [0, 0.1) is 0 Å². The molecule has 0 heterocycles. The molecule has 0 radical (unpaired) electrons. The van der Waals surface area contributed by atoms with Crippen LogP contribution in [0.25, 0.3) is 0 Å². The molecule has 5 nitrogen and oxygen atoms in total. The zero-order chi connectivity index (χ0) is 21.5. The van der Waals surface area contributed by atoms with Crippen LogP contribution in [0.2, 0.25) is 0 Å². The van der Waals surface area contributed by atoms with E-state index in [9.17, 15) is 19.5 Å². The molecule has 0 fully saturated rings. The van der Waals surface area contributed by atoms with Crippen molar-refractivity contribution in [3.63, 3.8) is 0 Å². The summed E-state index contributed by atoms with van der Waals surface area (Å²) in [5.74, 6) is 0. The molecule has 1 atom stereocenters. The topological polar surface area (TPSA) is 77.8 Å². The second kappa shape index (κ2) is 14.7. The normalized spacial score (nSPS) is 15.2. The van der Waals surface area contributed by atoms with Crippen molar-refractivity contribution in [2.24, 2.45) is 0 Å². The number of aliphatic hydroxyl groups is 1. The molecule has 3 N–H and O–H groups in total.